The van der Waals surface area contributed by atoms with Crippen molar-refractivity contribution in [3.63, 3.8) is 0 Å². The maximum atomic E-state index is 5.79. The summed E-state index contributed by atoms with van der Waals surface area (Å²) in [6, 6.07) is 10.0. The van der Waals surface area contributed by atoms with Gasteiger partial charge >= 0.3 is 0 Å². The monoisotopic (exact) mass is 340 g/mol. The number of benzene rings is 1. The molecule has 0 amide bonds. The largest absolute Gasteiger partial charge is 0.411 e. The molecule has 0 saturated heterocycles. The highest BCUT2D eigenvalue weighted by Gasteiger charge is 2.15. The summed E-state index contributed by atoms with van der Waals surface area (Å²) in [4.78, 5) is 10.8. The second-order valence-corrected chi connectivity index (χ2v) is 7.22. The van der Waals surface area contributed by atoms with Crippen LogP contribution in [-0.4, -0.2) is 20.2 Å². The van der Waals surface area contributed by atoms with Crippen molar-refractivity contribution in [2.24, 2.45) is 0 Å². The van der Waals surface area contributed by atoms with Crippen molar-refractivity contribution in [3.05, 3.63) is 47.1 Å². The number of hydrogen-bond donors (Lipinski definition) is 0. The van der Waals surface area contributed by atoms with Gasteiger partial charge in [0, 0.05) is 15.8 Å². The van der Waals surface area contributed by atoms with Gasteiger partial charge in [0.05, 0.1) is 0 Å². The molecular formula is C16H12N4OS2. The molecule has 0 aliphatic carbocycles. The Labute approximate surface area is 140 Å². The van der Waals surface area contributed by atoms with Crippen LogP contribution in [0.25, 0.3) is 21.7 Å². The number of fused-ring (bicyclic) bond motifs is 1. The van der Waals surface area contributed by atoms with Crippen molar-refractivity contribution in [3.8, 4) is 11.5 Å². The van der Waals surface area contributed by atoms with Crippen molar-refractivity contribution < 1.29 is 4.42 Å². The van der Waals surface area contributed by atoms with Gasteiger partial charge in [0.1, 0.15) is 16.2 Å². The molecule has 0 saturated carbocycles. The van der Waals surface area contributed by atoms with Gasteiger partial charge in [0.15, 0.2) is 0 Å². The lowest BCUT2D eigenvalue weighted by molar-refractivity contribution is 0.465. The van der Waals surface area contributed by atoms with Crippen LogP contribution in [0.5, 0.6) is 0 Å². The van der Waals surface area contributed by atoms with Crippen LogP contribution >= 0.6 is 23.1 Å². The zero-order valence-electron chi connectivity index (χ0n) is 12.5. The molecule has 7 heteroatoms. The summed E-state index contributed by atoms with van der Waals surface area (Å²) >= 11 is 3.02. The predicted molar refractivity (Wildman–Crippen MR) is 90.7 cm³/mol. The Bertz CT molecular complexity index is 993. The van der Waals surface area contributed by atoms with Crippen molar-refractivity contribution in [1.82, 2.24) is 20.2 Å². The SMILES string of the molecule is Cc1cc2c(Sc3nnc(-c4ccccc4C)o3)ncnc2s1. The van der Waals surface area contributed by atoms with Crippen LogP contribution in [0.4, 0.5) is 0 Å². The average Bonchev–Trinajstić information content (AvgIpc) is 3.14. The Morgan fingerprint density at radius 1 is 1.09 bits per heavy atom. The molecule has 0 atom stereocenters. The number of rotatable bonds is 3. The van der Waals surface area contributed by atoms with E-state index in [0.717, 1.165) is 26.4 Å². The van der Waals surface area contributed by atoms with Crippen LogP contribution in [0.15, 0.2) is 51.3 Å². The first-order chi connectivity index (χ1) is 11.2. The van der Waals surface area contributed by atoms with Crippen molar-refractivity contribution >= 4 is 33.3 Å². The molecule has 4 aromatic rings. The molecule has 23 heavy (non-hydrogen) atoms. The van der Waals surface area contributed by atoms with Crippen molar-refractivity contribution in [2.75, 3.05) is 0 Å². The lowest BCUT2D eigenvalue weighted by Gasteiger charge is -1.99. The van der Waals surface area contributed by atoms with Gasteiger partial charge in [-0.15, -0.1) is 21.5 Å². The lowest BCUT2D eigenvalue weighted by Crippen LogP contribution is -1.83. The summed E-state index contributed by atoms with van der Waals surface area (Å²) in [6.07, 6.45) is 1.57. The van der Waals surface area contributed by atoms with Gasteiger partial charge in [-0.3, -0.25) is 0 Å². The molecule has 3 heterocycles. The van der Waals surface area contributed by atoms with E-state index in [1.54, 1.807) is 17.7 Å². The Morgan fingerprint density at radius 3 is 2.83 bits per heavy atom. The summed E-state index contributed by atoms with van der Waals surface area (Å²) < 4.78 is 5.79. The van der Waals surface area contributed by atoms with Gasteiger partial charge < -0.3 is 4.42 Å². The zero-order valence-corrected chi connectivity index (χ0v) is 14.1. The normalized spacial score (nSPS) is 11.2. The van der Waals surface area contributed by atoms with Crippen LogP contribution in [0.3, 0.4) is 0 Å². The number of nitrogens with zero attached hydrogens (tertiary/aromatic N) is 4. The van der Waals surface area contributed by atoms with Gasteiger partial charge in [-0.25, -0.2) is 9.97 Å². The molecule has 0 N–H and O–H groups in total. The van der Waals surface area contributed by atoms with Crippen molar-refractivity contribution in [1.29, 1.82) is 0 Å². The van der Waals surface area contributed by atoms with E-state index >= 15 is 0 Å². The first-order valence-corrected chi connectivity index (χ1v) is 8.62. The van der Waals surface area contributed by atoms with Crippen LogP contribution in [0, 0.1) is 13.8 Å². The predicted octanol–water partition coefficient (Wildman–Crippen LogP) is 4.51. The maximum absolute atomic E-state index is 5.79. The van der Waals surface area contributed by atoms with Crippen LogP contribution in [0.2, 0.25) is 0 Å². The summed E-state index contributed by atoms with van der Waals surface area (Å²) in [5, 5.41) is 10.6. The lowest BCUT2D eigenvalue weighted by atomic mass is 10.1. The van der Waals surface area contributed by atoms with E-state index < -0.39 is 0 Å². The molecule has 0 aliphatic rings. The average molecular weight is 340 g/mol. The van der Waals surface area contributed by atoms with Crippen LogP contribution < -0.4 is 0 Å². The first kappa shape index (κ1) is 14.3. The fourth-order valence-electron chi connectivity index (χ4n) is 2.29. The maximum Gasteiger partial charge on any atom is 0.283 e. The standard InChI is InChI=1S/C16H12N4OS2/c1-9-5-3-4-6-11(9)13-19-20-16(21-13)23-15-12-7-10(2)22-14(12)17-8-18-15/h3-8H,1-2H3. The first-order valence-electron chi connectivity index (χ1n) is 6.99. The molecule has 0 radical (unpaired) electrons. The third kappa shape index (κ3) is 2.73. The van der Waals surface area contributed by atoms with Gasteiger partial charge in [0.25, 0.3) is 5.22 Å². The van der Waals surface area contributed by atoms with Gasteiger partial charge in [-0.05, 0) is 43.3 Å². The minimum atomic E-state index is 0.479. The van der Waals surface area contributed by atoms with Gasteiger partial charge in [0.2, 0.25) is 5.89 Å². The third-order valence-electron chi connectivity index (χ3n) is 3.38. The molecule has 0 aliphatic heterocycles. The molecule has 3 aromatic heterocycles. The highest BCUT2D eigenvalue weighted by Crippen LogP contribution is 2.35. The second kappa shape index (κ2) is 5.75. The molecule has 4 rings (SSSR count). The Balaban J connectivity index is 1.68. The van der Waals surface area contributed by atoms with E-state index in [-0.39, 0.29) is 0 Å². The highest BCUT2D eigenvalue weighted by molar-refractivity contribution is 7.99. The van der Waals surface area contributed by atoms with E-state index in [9.17, 15) is 0 Å². The minimum absolute atomic E-state index is 0.479. The summed E-state index contributed by atoms with van der Waals surface area (Å²) in [6.45, 7) is 4.08. The summed E-state index contributed by atoms with van der Waals surface area (Å²) in [7, 11) is 0. The van der Waals surface area contributed by atoms with E-state index in [2.05, 4.69) is 33.2 Å². The fraction of sp³-hybridized carbons (Fsp3) is 0.125. The number of aromatic nitrogens is 4. The Morgan fingerprint density at radius 2 is 1.96 bits per heavy atom. The summed E-state index contributed by atoms with van der Waals surface area (Å²) in [5.74, 6) is 0.525. The molecule has 114 valence electrons. The minimum Gasteiger partial charge on any atom is -0.411 e. The van der Waals surface area contributed by atoms with Crippen LogP contribution in [0.1, 0.15) is 10.4 Å². The molecule has 0 unspecified atom stereocenters. The Hall–Kier alpha value is -2.25. The quantitative estimate of drug-likeness (QED) is 0.511. The van der Waals surface area contributed by atoms with E-state index in [1.165, 1.54) is 16.6 Å². The molecule has 5 nitrogen and oxygen atoms in total. The van der Waals surface area contributed by atoms with Crippen molar-refractivity contribution in [2.45, 2.75) is 24.1 Å². The zero-order chi connectivity index (χ0) is 15.8. The Kier molecular flexibility index (Phi) is 3.59. The number of hydrogen-bond acceptors (Lipinski definition) is 7. The third-order valence-corrected chi connectivity index (χ3v) is 5.20. The molecule has 0 fully saturated rings. The number of thiophene rings is 1. The molecular weight excluding hydrogens is 328 g/mol. The topological polar surface area (TPSA) is 64.7 Å². The van der Waals surface area contributed by atoms with Gasteiger partial charge in [-0.2, -0.15) is 0 Å². The second-order valence-electron chi connectivity index (χ2n) is 5.04. The van der Waals surface area contributed by atoms with E-state index in [4.69, 9.17) is 4.42 Å². The smallest absolute Gasteiger partial charge is 0.283 e. The molecule has 1 aromatic carbocycles. The van der Waals surface area contributed by atoms with E-state index in [0.29, 0.717) is 11.1 Å². The van der Waals surface area contributed by atoms with E-state index in [1.807, 2.05) is 31.2 Å². The fourth-order valence-corrected chi connectivity index (χ4v) is 3.94. The highest BCUT2D eigenvalue weighted by atomic mass is 32.2. The molecule has 0 spiro atoms. The van der Waals surface area contributed by atoms with Gasteiger partial charge in [-0.1, -0.05) is 18.2 Å². The van der Waals surface area contributed by atoms with Crippen LogP contribution in [-0.2, 0) is 0 Å². The number of aryl methyl sites for hydroxylation is 2. The molecule has 0 bridgehead atoms. The summed E-state index contributed by atoms with van der Waals surface area (Å²) in [5.41, 5.74) is 2.05.